The van der Waals surface area contributed by atoms with Gasteiger partial charge in [-0.2, -0.15) is 0 Å². The molecule has 0 radical (unpaired) electrons. The first-order valence-corrected chi connectivity index (χ1v) is 9.09. The summed E-state index contributed by atoms with van der Waals surface area (Å²) in [5.41, 5.74) is 3.91. The highest BCUT2D eigenvalue weighted by atomic mass is 16.5. The molecule has 1 aromatic heterocycles. The van der Waals surface area contributed by atoms with Crippen molar-refractivity contribution in [3.8, 4) is 17.2 Å². The largest absolute Gasteiger partial charge is 0.495 e. The summed E-state index contributed by atoms with van der Waals surface area (Å²) in [7, 11) is 1.66. The van der Waals surface area contributed by atoms with Gasteiger partial charge in [-0.3, -0.25) is 0 Å². The number of hydrogen-bond donors (Lipinski definition) is 1. The van der Waals surface area contributed by atoms with Crippen LogP contribution in [0.15, 0.2) is 83.3 Å². The average Bonchev–Trinajstić information content (AvgIpc) is 3.23. The molecule has 0 aliphatic carbocycles. The van der Waals surface area contributed by atoms with Crippen LogP contribution >= 0.6 is 0 Å². The third kappa shape index (κ3) is 3.74. The molecule has 0 unspecified atom stereocenters. The second kappa shape index (κ2) is 7.96. The Hall–Kier alpha value is -3.60. The molecule has 0 aliphatic heterocycles. The monoisotopic (exact) mass is 371 g/mol. The molecule has 3 aromatic carbocycles. The van der Waals surface area contributed by atoms with E-state index < -0.39 is 0 Å². The van der Waals surface area contributed by atoms with Gasteiger partial charge in [0.1, 0.15) is 11.8 Å². The molecule has 5 nitrogen and oxygen atoms in total. The van der Waals surface area contributed by atoms with Gasteiger partial charge >= 0.3 is 0 Å². The number of rotatable bonds is 6. The second-order valence-corrected chi connectivity index (χ2v) is 6.50. The molecular formula is C23H21N3O2. The zero-order valence-corrected chi connectivity index (χ0v) is 15.8. The van der Waals surface area contributed by atoms with Gasteiger partial charge in [0.15, 0.2) is 0 Å². The van der Waals surface area contributed by atoms with Gasteiger partial charge in [0.2, 0.25) is 11.8 Å². The topological polar surface area (TPSA) is 60.2 Å². The van der Waals surface area contributed by atoms with Crippen LogP contribution in [-0.2, 0) is 0 Å². The summed E-state index contributed by atoms with van der Waals surface area (Å²) < 4.78 is 11.6. The number of methoxy groups -OCH3 is 1. The van der Waals surface area contributed by atoms with Crippen molar-refractivity contribution in [1.82, 2.24) is 10.2 Å². The van der Waals surface area contributed by atoms with Gasteiger partial charge in [-0.05, 0) is 42.3 Å². The zero-order valence-electron chi connectivity index (χ0n) is 15.8. The van der Waals surface area contributed by atoms with E-state index in [1.54, 1.807) is 7.11 Å². The smallest absolute Gasteiger partial charge is 0.247 e. The minimum Gasteiger partial charge on any atom is -0.495 e. The summed E-state index contributed by atoms with van der Waals surface area (Å²) in [6.45, 7) is 2.04. The molecule has 0 amide bonds. The predicted octanol–water partition coefficient (Wildman–Crippen LogP) is 5.26. The fourth-order valence-electron chi connectivity index (χ4n) is 3.07. The van der Waals surface area contributed by atoms with E-state index in [4.69, 9.17) is 9.15 Å². The van der Waals surface area contributed by atoms with Crippen molar-refractivity contribution in [2.24, 2.45) is 0 Å². The minimum absolute atomic E-state index is 0.304. The maximum atomic E-state index is 6.04. The Morgan fingerprint density at radius 2 is 1.61 bits per heavy atom. The lowest BCUT2D eigenvalue weighted by atomic mass is 10.1. The van der Waals surface area contributed by atoms with Crippen molar-refractivity contribution in [3.05, 3.63) is 95.9 Å². The van der Waals surface area contributed by atoms with Crippen LogP contribution in [-0.4, -0.2) is 17.3 Å². The molecule has 1 atom stereocenters. The Kier molecular flexibility index (Phi) is 5.06. The number of benzene rings is 3. The average molecular weight is 371 g/mol. The van der Waals surface area contributed by atoms with E-state index in [1.165, 1.54) is 0 Å². The van der Waals surface area contributed by atoms with Crippen molar-refractivity contribution in [2.45, 2.75) is 13.0 Å². The van der Waals surface area contributed by atoms with Crippen molar-refractivity contribution in [1.29, 1.82) is 0 Å². The lowest BCUT2D eigenvalue weighted by Crippen LogP contribution is -2.13. The van der Waals surface area contributed by atoms with Crippen molar-refractivity contribution < 1.29 is 9.15 Å². The van der Waals surface area contributed by atoms with Crippen molar-refractivity contribution in [2.75, 3.05) is 12.4 Å². The van der Waals surface area contributed by atoms with Gasteiger partial charge in [0.05, 0.1) is 12.8 Å². The lowest BCUT2D eigenvalue weighted by Gasteiger charge is -2.19. The number of hydrogen-bond acceptors (Lipinski definition) is 5. The van der Waals surface area contributed by atoms with Crippen LogP contribution in [0.2, 0.25) is 0 Å². The summed E-state index contributed by atoms with van der Waals surface area (Å²) in [6.07, 6.45) is 0. The van der Waals surface area contributed by atoms with Crippen LogP contribution in [0.25, 0.3) is 11.5 Å². The molecule has 140 valence electrons. The Labute approximate surface area is 164 Å². The molecule has 0 saturated heterocycles. The maximum Gasteiger partial charge on any atom is 0.247 e. The number of ether oxygens (including phenoxy) is 1. The van der Waals surface area contributed by atoms with Crippen molar-refractivity contribution in [3.63, 3.8) is 0 Å². The van der Waals surface area contributed by atoms with Crippen LogP contribution in [0.3, 0.4) is 0 Å². The zero-order chi connectivity index (χ0) is 19.3. The number of nitrogens with zero attached hydrogens (tertiary/aromatic N) is 2. The summed E-state index contributed by atoms with van der Waals surface area (Å²) in [4.78, 5) is 0. The van der Waals surface area contributed by atoms with Gasteiger partial charge in [0, 0.05) is 5.56 Å². The van der Waals surface area contributed by atoms with Crippen LogP contribution in [0, 0.1) is 6.92 Å². The number of aromatic nitrogens is 2. The fourth-order valence-corrected chi connectivity index (χ4v) is 3.07. The molecule has 0 saturated carbocycles. The van der Waals surface area contributed by atoms with E-state index in [0.29, 0.717) is 11.8 Å². The number of nitrogens with one attached hydrogen (secondary N) is 1. The van der Waals surface area contributed by atoms with E-state index in [9.17, 15) is 0 Å². The molecule has 1 N–H and O–H groups in total. The van der Waals surface area contributed by atoms with E-state index in [2.05, 4.69) is 15.5 Å². The Balaban J connectivity index is 1.74. The molecule has 0 spiro atoms. The molecule has 1 heterocycles. The molecule has 0 fully saturated rings. The van der Waals surface area contributed by atoms with Crippen molar-refractivity contribution >= 4 is 5.69 Å². The van der Waals surface area contributed by atoms with E-state index in [-0.39, 0.29) is 6.04 Å². The van der Waals surface area contributed by atoms with Gasteiger partial charge in [-0.15, -0.1) is 10.2 Å². The molecule has 4 aromatic rings. The van der Waals surface area contributed by atoms with Crippen LogP contribution in [0.4, 0.5) is 5.69 Å². The third-order valence-electron chi connectivity index (χ3n) is 4.50. The second-order valence-electron chi connectivity index (χ2n) is 6.50. The number of anilines is 1. The summed E-state index contributed by atoms with van der Waals surface area (Å²) in [5, 5.41) is 12.1. The minimum atomic E-state index is -0.304. The fraction of sp³-hybridized carbons (Fsp3) is 0.130. The summed E-state index contributed by atoms with van der Waals surface area (Å²) >= 11 is 0. The van der Waals surface area contributed by atoms with Crippen LogP contribution in [0.5, 0.6) is 5.75 Å². The van der Waals surface area contributed by atoms with Crippen LogP contribution in [0.1, 0.15) is 23.1 Å². The standard InChI is InChI=1S/C23H21N3O2/c1-16-13-14-20(27-2)19(15-16)24-21(17-9-5-3-6-10-17)23-26-25-22(28-23)18-11-7-4-8-12-18/h3-15,21,24H,1-2H3/t21-/m1/s1. The Morgan fingerprint density at radius 1 is 0.893 bits per heavy atom. The maximum absolute atomic E-state index is 6.04. The Bertz CT molecular complexity index is 1050. The summed E-state index contributed by atoms with van der Waals surface area (Å²) in [5.74, 6) is 1.75. The molecular weight excluding hydrogens is 350 g/mol. The van der Waals surface area contributed by atoms with Gasteiger partial charge in [-0.25, -0.2) is 0 Å². The highest BCUT2D eigenvalue weighted by Crippen LogP contribution is 2.33. The first-order chi connectivity index (χ1) is 13.7. The molecule has 4 rings (SSSR count). The molecule has 0 aliphatic rings. The normalized spacial score (nSPS) is 11.8. The Morgan fingerprint density at radius 3 is 2.32 bits per heavy atom. The van der Waals surface area contributed by atoms with E-state index in [0.717, 1.165) is 28.1 Å². The summed E-state index contributed by atoms with van der Waals surface area (Å²) in [6, 6.07) is 25.5. The number of aryl methyl sites for hydroxylation is 1. The first kappa shape index (κ1) is 17.8. The quantitative estimate of drug-likeness (QED) is 0.501. The first-order valence-electron chi connectivity index (χ1n) is 9.09. The SMILES string of the molecule is COc1ccc(C)cc1N[C@H](c1ccccc1)c1nnc(-c2ccccc2)o1. The lowest BCUT2D eigenvalue weighted by molar-refractivity contribution is 0.415. The molecule has 0 bridgehead atoms. The van der Waals surface area contributed by atoms with E-state index >= 15 is 0 Å². The van der Waals surface area contributed by atoms with E-state index in [1.807, 2.05) is 85.8 Å². The highest BCUT2D eigenvalue weighted by Gasteiger charge is 2.22. The van der Waals surface area contributed by atoms with Crippen LogP contribution < -0.4 is 10.1 Å². The highest BCUT2D eigenvalue weighted by molar-refractivity contribution is 5.60. The van der Waals surface area contributed by atoms with Gasteiger partial charge < -0.3 is 14.5 Å². The predicted molar refractivity (Wildman–Crippen MR) is 109 cm³/mol. The van der Waals surface area contributed by atoms with Gasteiger partial charge in [-0.1, -0.05) is 54.6 Å². The molecule has 5 heteroatoms. The third-order valence-corrected chi connectivity index (χ3v) is 4.50. The molecule has 28 heavy (non-hydrogen) atoms. The van der Waals surface area contributed by atoms with Gasteiger partial charge in [0.25, 0.3) is 0 Å².